The number of nitrogens with zero attached hydrogens (tertiary/aromatic N) is 3. The topological polar surface area (TPSA) is 99.9 Å². The number of halogens is 1. The van der Waals surface area contributed by atoms with Gasteiger partial charge >= 0.3 is 5.97 Å². The molecule has 0 saturated heterocycles. The molecule has 10 heteroatoms. The minimum Gasteiger partial charge on any atom is -0.466 e. The van der Waals surface area contributed by atoms with Crippen LogP contribution in [-0.2, 0) is 43.3 Å². The van der Waals surface area contributed by atoms with E-state index in [4.69, 9.17) is 14.0 Å². The maximum absolute atomic E-state index is 11.7. The number of esters is 1. The van der Waals surface area contributed by atoms with E-state index in [1.54, 1.807) is 19.3 Å². The quantitative estimate of drug-likeness (QED) is 0.202. The summed E-state index contributed by atoms with van der Waals surface area (Å²) in [4.78, 5) is 16.1. The highest BCUT2D eigenvalue weighted by molar-refractivity contribution is 9.10. The van der Waals surface area contributed by atoms with Crippen LogP contribution in [0.1, 0.15) is 50.1 Å². The van der Waals surface area contributed by atoms with Crippen LogP contribution in [0.2, 0.25) is 0 Å². The molecule has 0 radical (unpaired) electrons. The van der Waals surface area contributed by atoms with E-state index in [2.05, 4.69) is 20.9 Å². The van der Waals surface area contributed by atoms with Gasteiger partial charge in [0.05, 0.1) is 24.1 Å². The van der Waals surface area contributed by atoms with Crippen molar-refractivity contribution in [1.29, 1.82) is 0 Å². The monoisotopic (exact) mass is 537 g/mol. The molecule has 8 nitrogen and oxygen atoms in total. The van der Waals surface area contributed by atoms with E-state index < -0.39 is 10.1 Å². The highest BCUT2D eigenvalue weighted by atomic mass is 79.9. The first kappa shape index (κ1) is 25.3. The van der Waals surface area contributed by atoms with Crippen molar-refractivity contribution in [2.75, 3.05) is 12.9 Å². The smallest absolute Gasteiger partial charge is 0.305 e. The molecule has 3 rings (SSSR count). The first-order valence-electron chi connectivity index (χ1n) is 10.9. The summed E-state index contributed by atoms with van der Waals surface area (Å²) in [5.74, 6) is -0.220. The number of ether oxygens (including phenoxy) is 1. The van der Waals surface area contributed by atoms with Gasteiger partial charge in [0, 0.05) is 40.1 Å². The van der Waals surface area contributed by atoms with Crippen molar-refractivity contribution in [2.24, 2.45) is 0 Å². The molecule has 0 fully saturated rings. The molecule has 0 bridgehead atoms. The van der Waals surface area contributed by atoms with Gasteiger partial charge in [-0.1, -0.05) is 6.92 Å². The third-order valence-corrected chi connectivity index (χ3v) is 6.17. The average molecular weight is 538 g/mol. The van der Waals surface area contributed by atoms with Crippen LogP contribution < -0.4 is 0 Å². The fourth-order valence-electron chi connectivity index (χ4n) is 3.75. The van der Waals surface area contributed by atoms with Gasteiger partial charge in [-0.05, 0) is 72.3 Å². The lowest BCUT2D eigenvalue weighted by Gasteiger charge is -2.17. The van der Waals surface area contributed by atoms with Crippen LogP contribution in [0.5, 0.6) is 0 Å². The molecule has 0 aliphatic rings. The van der Waals surface area contributed by atoms with E-state index >= 15 is 0 Å². The number of fused-ring (bicyclic) bond motifs is 1. The van der Waals surface area contributed by atoms with Crippen LogP contribution in [-0.4, -0.2) is 41.8 Å². The van der Waals surface area contributed by atoms with E-state index in [1.165, 1.54) is 0 Å². The SMILES string of the molecule is CCOC(=O)CCCCc1c(COS(C)(=O)=O)nn2c(CC)ccc2c1-c1cncc(Br)c1. The summed E-state index contributed by atoms with van der Waals surface area (Å²) in [6.45, 7) is 4.02. The normalized spacial score (nSPS) is 11.8. The van der Waals surface area contributed by atoms with Crippen molar-refractivity contribution in [3.05, 3.63) is 52.0 Å². The lowest BCUT2D eigenvalue weighted by atomic mass is 9.95. The second-order valence-electron chi connectivity index (χ2n) is 7.65. The summed E-state index contributed by atoms with van der Waals surface area (Å²) in [5.41, 5.74) is 5.17. The second kappa shape index (κ2) is 11.2. The van der Waals surface area contributed by atoms with Gasteiger partial charge in [-0.15, -0.1) is 0 Å². The van der Waals surface area contributed by atoms with E-state index in [9.17, 15) is 13.2 Å². The number of carbonyl (C=O) groups is 1. The van der Waals surface area contributed by atoms with Crippen molar-refractivity contribution in [2.45, 2.75) is 52.6 Å². The van der Waals surface area contributed by atoms with Crippen molar-refractivity contribution in [1.82, 2.24) is 14.6 Å². The van der Waals surface area contributed by atoms with E-state index in [-0.39, 0.29) is 12.6 Å². The zero-order chi connectivity index (χ0) is 24.0. The fourth-order valence-corrected chi connectivity index (χ4v) is 4.44. The zero-order valence-electron chi connectivity index (χ0n) is 19.0. The van der Waals surface area contributed by atoms with Gasteiger partial charge in [0.15, 0.2) is 0 Å². The van der Waals surface area contributed by atoms with E-state index in [1.807, 2.05) is 29.6 Å². The number of aromatic nitrogens is 3. The Morgan fingerprint density at radius 3 is 2.64 bits per heavy atom. The minimum atomic E-state index is -3.65. The molecule has 0 N–H and O–H groups in total. The van der Waals surface area contributed by atoms with Crippen molar-refractivity contribution >= 4 is 37.5 Å². The Hall–Kier alpha value is -2.30. The number of carbonyl (C=O) groups excluding carboxylic acids is 1. The zero-order valence-corrected chi connectivity index (χ0v) is 21.4. The summed E-state index contributed by atoms with van der Waals surface area (Å²) in [5, 5.41) is 4.76. The number of hydrogen-bond acceptors (Lipinski definition) is 7. The third-order valence-electron chi connectivity index (χ3n) is 5.19. The molecule has 3 aromatic rings. The van der Waals surface area contributed by atoms with Crippen LogP contribution in [0.25, 0.3) is 16.6 Å². The first-order chi connectivity index (χ1) is 15.7. The molecule has 0 aromatic carbocycles. The van der Waals surface area contributed by atoms with Gasteiger partial charge in [-0.2, -0.15) is 13.5 Å². The maximum Gasteiger partial charge on any atom is 0.305 e. The van der Waals surface area contributed by atoms with Crippen molar-refractivity contribution in [3.63, 3.8) is 0 Å². The van der Waals surface area contributed by atoms with Gasteiger partial charge < -0.3 is 4.74 Å². The van der Waals surface area contributed by atoms with Gasteiger partial charge in [0.1, 0.15) is 6.61 Å². The number of rotatable bonds is 11. The molecule has 0 aliphatic heterocycles. The number of unbranched alkanes of at least 4 members (excludes halogenated alkanes) is 1. The highest BCUT2D eigenvalue weighted by Crippen LogP contribution is 2.34. The summed E-state index contributed by atoms with van der Waals surface area (Å²) >= 11 is 3.50. The molecule has 3 heterocycles. The Morgan fingerprint density at radius 2 is 1.97 bits per heavy atom. The maximum atomic E-state index is 11.7. The average Bonchev–Trinajstić information content (AvgIpc) is 3.17. The van der Waals surface area contributed by atoms with E-state index in [0.717, 1.165) is 45.1 Å². The van der Waals surface area contributed by atoms with Crippen LogP contribution in [0.3, 0.4) is 0 Å². The lowest BCUT2D eigenvalue weighted by molar-refractivity contribution is -0.143. The molecule has 0 spiro atoms. The molecular weight excluding hydrogens is 510 g/mol. The molecule has 0 atom stereocenters. The number of pyridine rings is 1. The van der Waals surface area contributed by atoms with E-state index in [0.29, 0.717) is 38.0 Å². The molecule has 33 heavy (non-hydrogen) atoms. The second-order valence-corrected chi connectivity index (χ2v) is 10.2. The number of aryl methyl sites for hydroxylation is 1. The molecule has 3 aromatic heterocycles. The summed E-state index contributed by atoms with van der Waals surface area (Å²) in [6, 6.07) is 6.01. The Bertz CT molecular complexity index is 1240. The van der Waals surface area contributed by atoms with Gasteiger partial charge in [0.2, 0.25) is 0 Å². The number of hydrogen-bond donors (Lipinski definition) is 0. The van der Waals surface area contributed by atoms with Crippen LogP contribution >= 0.6 is 15.9 Å². The summed E-state index contributed by atoms with van der Waals surface area (Å²) in [7, 11) is -3.65. The Labute approximate surface area is 202 Å². The Balaban J connectivity index is 2.09. The largest absolute Gasteiger partial charge is 0.466 e. The first-order valence-corrected chi connectivity index (χ1v) is 13.5. The van der Waals surface area contributed by atoms with Crippen molar-refractivity contribution in [3.8, 4) is 11.1 Å². The molecule has 178 valence electrons. The third kappa shape index (κ3) is 6.61. The summed E-state index contributed by atoms with van der Waals surface area (Å²) in [6.07, 6.45) is 7.56. The minimum absolute atomic E-state index is 0.169. The predicted octanol–water partition coefficient (Wildman–Crippen LogP) is 4.47. The lowest BCUT2D eigenvalue weighted by Crippen LogP contribution is -2.12. The highest BCUT2D eigenvalue weighted by Gasteiger charge is 2.20. The van der Waals surface area contributed by atoms with Crippen molar-refractivity contribution < 1.29 is 22.1 Å². The molecule has 0 aliphatic carbocycles. The molecule has 0 saturated carbocycles. The molecule has 0 amide bonds. The fraction of sp³-hybridized carbons (Fsp3) is 0.435. The molecule has 0 unspecified atom stereocenters. The van der Waals surface area contributed by atoms with Gasteiger partial charge in [-0.3, -0.25) is 14.0 Å². The summed E-state index contributed by atoms with van der Waals surface area (Å²) < 4.78 is 36.3. The standard InChI is InChI=1S/C23H28BrN3O5S/c1-4-18-10-11-21-23(16-12-17(24)14-25-13-16)19(8-6-7-9-22(28)31-5-2)20(26-27(18)21)15-32-33(3,29)30/h10-14H,4-9,15H2,1-3H3. The predicted molar refractivity (Wildman–Crippen MR) is 129 cm³/mol. The Morgan fingerprint density at radius 1 is 1.18 bits per heavy atom. The molecular formula is C23H28BrN3O5S. The Kier molecular flexibility index (Phi) is 8.61. The van der Waals surface area contributed by atoms with Gasteiger partial charge in [0.25, 0.3) is 10.1 Å². The van der Waals surface area contributed by atoms with Gasteiger partial charge in [-0.25, -0.2) is 4.52 Å². The van der Waals surface area contributed by atoms with Crippen LogP contribution in [0.15, 0.2) is 35.1 Å². The van der Waals surface area contributed by atoms with Crippen LogP contribution in [0, 0.1) is 0 Å². The van der Waals surface area contributed by atoms with Crippen LogP contribution in [0.4, 0.5) is 0 Å².